The van der Waals surface area contributed by atoms with Crippen molar-refractivity contribution >= 4 is 110 Å². The minimum absolute atomic E-state index is 0.143. The third-order valence-electron chi connectivity index (χ3n) is 12.6. The summed E-state index contributed by atoms with van der Waals surface area (Å²) in [5.74, 6) is 0.0116. The molecule has 0 saturated heterocycles. The number of carbonyl (C=O) groups excluding carboxylic acids is 4. The number of fused-ring (bicyclic) bond motifs is 2. The summed E-state index contributed by atoms with van der Waals surface area (Å²) >= 11 is 12.8. The molecule has 0 spiro atoms. The molecule has 0 bridgehead atoms. The zero-order chi connectivity index (χ0) is 54.5. The zero-order valence-corrected chi connectivity index (χ0v) is 43.6. The predicted molar refractivity (Wildman–Crippen MR) is 297 cm³/mol. The van der Waals surface area contributed by atoms with Crippen LogP contribution in [0.15, 0.2) is 153 Å². The van der Waals surface area contributed by atoms with E-state index in [1.807, 2.05) is 42.5 Å². The predicted octanol–water partition coefficient (Wildman–Crippen LogP) is 10.5. The average Bonchev–Trinajstić information content (AvgIpc) is 3.93. The van der Waals surface area contributed by atoms with Crippen LogP contribution in [-0.4, -0.2) is 92.9 Å². The molecule has 8 aromatic rings. The Morgan fingerprint density at radius 2 is 1.23 bits per heavy atom. The SMILES string of the molecule is C=CC(=O)N(c1ccc(CN2CCc3cnc(Nc4cn(C)nc4Cl)nc3N(c3cccc(NC(=O)/C=C/CF)c3)C2=O)cc1)c1cccc(N2C(=O)N(Cc3ccccc3)CCc3cnc(Nc4cn(C)nc4Cl)nc32)c1. The smallest absolute Gasteiger partial charge is 0.322 e. The van der Waals surface area contributed by atoms with Crippen LogP contribution >= 0.6 is 23.2 Å². The molecule has 2 aliphatic heterocycles. The molecular formula is C55H49Cl2FN16O4. The van der Waals surface area contributed by atoms with E-state index in [1.165, 1.54) is 25.5 Å². The summed E-state index contributed by atoms with van der Waals surface area (Å²) in [5.41, 5.74) is 6.09. The number of aryl methyl sites for hydroxylation is 2. The van der Waals surface area contributed by atoms with Gasteiger partial charge in [0.15, 0.2) is 10.3 Å². The molecule has 10 rings (SSSR count). The van der Waals surface area contributed by atoms with Crippen LogP contribution in [0.3, 0.4) is 0 Å². The fourth-order valence-corrected chi connectivity index (χ4v) is 9.44. The Morgan fingerprint density at radius 1 is 0.692 bits per heavy atom. The number of allylic oxidation sites excluding steroid dienone is 1. The standard InChI is InChI=1S/C55H49Cl2FN16O4/c1-4-47(76)72(42-15-9-16-43(28-42)74-51-38(22-25-70(55(74)78)31-35-11-6-5-7-12-35)30-60-53(65-51)63-45-34-69(3)67-49(45)57)40-20-18-36(19-21-40)32-71-26-23-37-29-59-52(62-44-33-68(2)66-48(44)56)64-50(37)73(54(71)77)41-14-8-13-39(27-41)61-46(75)17-10-24-58/h4-21,27-30,33-34H,1,22-26,31-32H2,2-3H3,(H,61,75)(H,59,62,64)(H,60,63,65)/b17-10+. The average molecular weight is 1090 g/mol. The van der Waals surface area contributed by atoms with Gasteiger partial charge in [-0.05, 0) is 84.7 Å². The molecule has 394 valence electrons. The first-order valence-electron chi connectivity index (χ1n) is 24.5. The Balaban J connectivity index is 0.954. The molecule has 0 unspecified atom stereocenters. The summed E-state index contributed by atoms with van der Waals surface area (Å²) in [4.78, 5) is 83.3. The first-order chi connectivity index (χ1) is 37.8. The van der Waals surface area contributed by atoms with Gasteiger partial charge in [0.2, 0.25) is 17.8 Å². The van der Waals surface area contributed by atoms with Gasteiger partial charge in [-0.15, -0.1) is 0 Å². The maximum absolute atomic E-state index is 15.0. The molecule has 2 aliphatic rings. The second-order valence-corrected chi connectivity index (χ2v) is 18.8. The lowest BCUT2D eigenvalue weighted by atomic mass is 10.1. The molecule has 78 heavy (non-hydrogen) atoms. The summed E-state index contributed by atoms with van der Waals surface area (Å²) in [6.07, 6.45) is 10.9. The van der Waals surface area contributed by atoms with E-state index in [4.69, 9.17) is 33.2 Å². The molecule has 0 atom stereocenters. The van der Waals surface area contributed by atoms with Crippen LogP contribution < -0.4 is 30.7 Å². The van der Waals surface area contributed by atoms with Crippen LogP contribution in [-0.2, 0) is 49.6 Å². The van der Waals surface area contributed by atoms with Crippen LogP contribution in [0.25, 0.3) is 0 Å². The second-order valence-electron chi connectivity index (χ2n) is 18.1. The number of amides is 6. The molecule has 23 heteroatoms. The van der Waals surface area contributed by atoms with E-state index in [0.717, 1.165) is 28.8 Å². The molecule has 6 amide bonds. The number of halogens is 3. The number of benzene rings is 4. The number of anilines is 11. The van der Waals surface area contributed by atoms with Gasteiger partial charge < -0.3 is 25.8 Å². The molecule has 3 N–H and O–H groups in total. The Hall–Kier alpha value is -9.47. The number of hydrogen-bond donors (Lipinski definition) is 3. The highest BCUT2D eigenvalue weighted by atomic mass is 35.5. The second kappa shape index (κ2) is 22.8. The van der Waals surface area contributed by atoms with Crippen molar-refractivity contribution in [2.45, 2.75) is 25.9 Å². The van der Waals surface area contributed by atoms with Gasteiger partial charge in [-0.1, -0.05) is 84.4 Å². The van der Waals surface area contributed by atoms with Crippen molar-refractivity contribution in [3.8, 4) is 0 Å². The maximum atomic E-state index is 15.0. The topological polar surface area (TPSA) is 208 Å². The number of rotatable bonds is 16. The van der Waals surface area contributed by atoms with Crippen molar-refractivity contribution in [1.29, 1.82) is 0 Å². The van der Waals surface area contributed by atoms with Crippen molar-refractivity contribution in [2.75, 3.05) is 50.4 Å². The largest absolute Gasteiger partial charge is 0.330 e. The number of nitrogens with zero attached hydrogens (tertiary/aromatic N) is 13. The van der Waals surface area contributed by atoms with Crippen LogP contribution in [0.2, 0.25) is 10.3 Å². The van der Waals surface area contributed by atoms with E-state index >= 15 is 0 Å². The highest BCUT2D eigenvalue weighted by Gasteiger charge is 2.34. The third-order valence-corrected chi connectivity index (χ3v) is 13.2. The number of carbonyl (C=O) groups is 4. The summed E-state index contributed by atoms with van der Waals surface area (Å²) in [5, 5.41) is 17.7. The fourth-order valence-electron chi connectivity index (χ4n) is 9.01. The van der Waals surface area contributed by atoms with Gasteiger partial charge in [0.05, 0.1) is 28.4 Å². The van der Waals surface area contributed by atoms with Gasteiger partial charge in [0.25, 0.3) is 5.91 Å². The van der Waals surface area contributed by atoms with E-state index in [-0.39, 0.29) is 41.3 Å². The zero-order valence-electron chi connectivity index (χ0n) is 42.1. The van der Waals surface area contributed by atoms with Crippen molar-refractivity contribution in [1.82, 2.24) is 49.3 Å². The van der Waals surface area contributed by atoms with Crippen molar-refractivity contribution in [3.63, 3.8) is 0 Å². The summed E-state index contributed by atoms with van der Waals surface area (Å²) < 4.78 is 15.9. The van der Waals surface area contributed by atoms with Crippen LogP contribution in [0.5, 0.6) is 0 Å². The first-order valence-corrected chi connectivity index (χ1v) is 25.2. The molecule has 4 aromatic heterocycles. The minimum atomic E-state index is -0.806. The Labute approximate surface area is 457 Å². The molecule has 0 aliphatic carbocycles. The van der Waals surface area contributed by atoms with Crippen molar-refractivity contribution in [3.05, 3.63) is 185 Å². The minimum Gasteiger partial charge on any atom is -0.322 e. The van der Waals surface area contributed by atoms with Gasteiger partial charge >= 0.3 is 12.1 Å². The number of hydrogen-bond acceptors (Lipinski definition) is 12. The van der Waals surface area contributed by atoms with E-state index < -0.39 is 24.5 Å². The van der Waals surface area contributed by atoms with E-state index in [2.05, 4.69) is 42.7 Å². The van der Waals surface area contributed by atoms with E-state index in [0.29, 0.717) is 82.9 Å². The lowest BCUT2D eigenvalue weighted by Gasteiger charge is -2.29. The normalized spacial score (nSPS) is 13.4. The number of urea groups is 2. The van der Waals surface area contributed by atoms with Gasteiger partial charge in [0, 0.05) is 93.6 Å². The summed E-state index contributed by atoms with van der Waals surface area (Å²) in [6.45, 7) is 4.14. The maximum Gasteiger partial charge on any atom is 0.330 e. The van der Waals surface area contributed by atoms with Crippen molar-refractivity contribution < 1.29 is 23.6 Å². The molecular weight excluding hydrogens is 1040 g/mol. The first kappa shape index (κ1) is 52.0. The molecule has 20 nitrogen and oxygen atoms in total. The quantitative estimate of drug-likeness (QED) is 0.0773. The van der Waals surface area contributed by atoms with Crippen LogP contribution in [0.4, 0.5) is 77.3 Å². The third kappa shape index (κ3) is 11.4. The Bertz CT molecular complexity index is 3610. The highest BCUT2D eigenvalue weighted by Crippen LogP contribution is 2.38. The molecule has 0 fully saturated rings. The Kier molecular flexibility index (Phi) is 15.2. The summed E-state index contributed by atoms with van der Waals surface area (Å²) in [7, 11) is 3.46. The van der Waals surface area contributed by atoms with Crippen LogP contribution in [0.1, 0.15) is 22.3 Å². The Morgan fingerprint density at radius 3 is 1.76 bits per heavy atom. The summed E-state index contributed by atoms with van der Waals surface area (Å²) in [6, 6.07) is 29.9. The number of aromatic nitrogens is 8. The van der Waals surface area contributed by atoms with Gasteiger partial charge in [0.1, 0.15) is 18.3 Å². The molecule has 0 saturated carbocycles. The van der Waals surface area contributed by atoms with Gasteiger partial charge in [-0.25, -0.2) is 33.7 Å². The molecule has 0 radical (unpaired) electrons. The van der Waals surface area contributed by atoms with E-state index in [1.54, 1.807) is 114 Å². The van der Waals surface area contributed by atoms with E-state index in [9.17, 15) is 23.6 Å². The fraction of sp³-hybridized carbons (Fsp3) is 0.164. The highest BCUT2D eigenvalue weighted by molar-refractivity contribution is 6.32. The van der Waals surface area contributed by atoms with Crippen molar-refractivity contribution in [2.24, 2.45) is 14.1 Å². The molecule has 4 aromatic carbocycles. The molecule has 6 heterocycles. The van der Waals surface area contributed by atoms with Gasteiger partial charge in [-0.2, -0.15) is 20.2 Å². The monoisotopic (exact) mass is 1090 g/mol. The van der Waals surface area contributed by atoms with Gasteiger partial charge in [-0.3, -0.25) is 23.9 Å². The number of nitrogens with one attached hydrogen (secondary N) is 3. The lowest BCUT2D eigenvalue weighted by molar-refractivity contribution is -0.113. The number of alkyl halides is 1. The van der Waals surface area contributed by atoms with Crippen LogP contribution in [0, 0.1) is 0 Å². The lowest BCUT2D eigenvalue weighted by Crippen LogP contribution is -2.40.